The van der Waals surface area contributed by atoms with Crippen LogP contribution in [0.2, 0.25) is 0 Å². The number of halogens is 1. The second-order valence-electron chi connectivity index (χ2n) is 5.37. The fourth-order valence-corrected chi connectivity index (χ4v) is 3.61. The number of likely N-dealkylation sites (N-methyl/N-ethyl adjacent to an activating group) is 1. The predicted octanol–water partition coefficient (Wildman–Crippen LogP) is 3.58. The second kappa shape index (κ2) is 6.10. The Kier molecular flexibility index (Phi) is 4.22. The van der Waals surface area contributed by atoms with E-state index in [1.54, 1.807) is 0 Å². The number of hydrogen-bond donors (Lipinski definition) is 1. The molecule has 4 heteroatoms. The molecule has 1 N–H and O–H groups in total. The van der Waals surface area contributed by atoms with Crippen LogP contribution in [0, 0.1) is 0 Å². The van der Waals surface area contributed by atoms with Gasteiger partial charge in [-0.05, 0) is 38.4 Å². The molecule has 2 aromatic rings. The van der Waals surface area contributed by atoms with Crippen molar-refractivity contribution < 1.29 is 0 Å². The Hall–Kier alpha value is -1.13. The normalized spacial score (nSPS) is 19.5. The van der Waals surface area contributed by atoms with E-state index in [1.165, 1.54) is 30.0 Å². The fraction of sp³-hybridized carbons (Fsp3) is 0.438. The van der Waals surface area contributed by atoms with Crippen LogP contribution in [0.1, 0.15) is 19.3 Å². The van der Waals surface area contributed by atoms with Gasteiger partial charge >= 0.3 is 0 Å². The molecule has 0 amide bonds. The van der Waals surface area contributed by atoms with Crippen LogP contribution >= 0.6 is 15.9 Å². The van der Waals surface area contributed by atoms with Crippen LogP contribution in [0.25, 0.3) is 10.8 Å². The standard InChI is InChI=1S/C16H20BrN3/c1-18-11-12-5-2-3-10-20(12)16-14-6-4-7-15(17)13(14)8-9-19-16/h4,6-9,12,18H,2-3,5,10-11H2,1H3. The lowest BCUT2D eigenvalue weighted by molar-refractivity contribution is 0.444. The van der Waals surface area contributed by atoms with Crippen LogP contribution < -0.4 is 10.2 Å². The maximum absolute atomic E-state index is 4.68. The average molecular weight is 334 g/mol. The second-order valence-corrected chi connectivity index (χ2v) is 6.22. The van der Waals surface area contributed by atoms with Gasteiger partial charge in [-0.3, -0.25) is 0 Å². The van der Waals surface area contributed by atoms with Crippen molar-refractivity contribution in [1.29, 1.82) is 0 Å². The summed E-state index contributed by atoms with van der Waals surface area (Å²) in [5, 5.41) is 5.80. The number of aromatic nitrogens is 1. The summed E-state index contributed by atoms with van der Waals surface area (Å²) in [5.74, 6) is 1.13. The Morgan fingerprint density at radius 2 is 2.20 bits per heavy atom. The summed E-state index contributed by atoms with van der Waals surface area (Å²) in [6, 6.07) is 8.99. The highest BCUT2D eigenvalue weighted by Crippen LogP contribution is 2.32. The van der Waals surface area contributed by atoms with Gasteiger partial charge in [-0.2, -0.15) is 0 Å². The summed E-state index contributed by atoms with van der Waals surface area (Å²) in [6.07, 6.45) is 5.74. The van der Waals surface area contributed by atoms with Crippen LogP contribution in [0.4, 0.5) is 5.82 Å². The molecular formula is C16H20BrN3. The van der Waals surface area contributed by atoms with Gasteiger partial charge in [-0.15, -0.1) is 0 Å². The highest BCUT2D eigenvalue weighted by Gasteiger charge is 2.24. The molecular weight excluding hydrogens is 314 g/mol. The number of nitrogens with zero attached hydrogens (tertiary/aromatic N) is 2. The van der Waals surface area contributed by atoms with Crippen molar-refractivity contribution >= 4 is 32.5 Å². The van der Waals surface area contributed by atoms with Gasteiger partial charge in [-0.25, -0.2) is 4.98 Å². The summed E-state index contributed by atoms with van der Waals surface area (Å²) in [4.78, 5) is 7.16. The molecule has 3 nitrogen and oxygen atoms in total. The van der Waals surface area contributed by atoms with E-state index < -0.39 is 0 Å². The molecule has 0 saturated carbocycles. The molecule has 0 radical (unpaired) electrons. The first kappa shape index (κ1) is 13.8. The van der Waals surface area contributed by atoms with Crippen molar-refractivity contribution in [3.05, 3.63) is 34.9 Å². The van der Waals surface area contributed by atoms with E-state index in [0.717, 1.165) is 23.4 Å². The largest absolute Gasteiger partial charge is 0.352 e. The van der Waals surface area contributed by atoms with Crippen molar-refractivity contribution in [3.63, 3.8) is 0 Å². The van der Waals surface area contributed by atoms with Crippen molar-refractivity contribution in [2.75, 3.05) is 25.0 Å². The van der Waals surface area contributed by atoms with Gasteiger partial charge < -0.3 is 10.2 Å². The SMILES string of the molecule is CNCC1CCCCN1c1nccc2c(Br)cccc12. The Labute approximate surface area is 128 Å². The quantitative estimate of drug-likeness (QED) is 0.930. The molecule has 1 aromatic heterocycles. The number of hydrogen-bond acceptors (Lipinski definition) is 3. The van der Waals surface area contributed by atoms with Crippen LogP contribution in [-0.2, 0) is 0 Å². The topological polar surface area (TPSA) is 28.2 Å². The van der Waals surface area contributed by atoms with Crippen molar-refractivity contribution in [2.24, 2.45) is 0 Å². The third-order valence-corrected chi connectivity index (χ3v) is 4.76. The van der Waals surface area contributed by atoms with E-state index in [1.807, 2.05) is 13.2 Å². The molecule has 1 aliphatic rings. The minimum Gasteiger partial charge on any atom is -0.352 e. The van der Waals surface area contributed by atoms with Gasteiger partial charge in [0.05, 0.1) is 0 Å². The zero-order chi connectivity index (χ0) is 13.9. The van der Waals surface area contributed by atoms with E-state index in [4.69, 9.17) is 0 Å². The number of piperidine rings is 1. The first-order chi connectivity index (χ1) is 9.81. The molecule has 1 saturated heterocycles. The van der Waals surface area contributed by atoms with Gasteiger partial charge in [0.15, 0.2) is 0 Å². The molecule has 20 heavy (non-hydrogen) atoms. The summed E-state index contributed by atoms with van der Waals surface area (Å²) >= 11 is 3.64. The molecule has 3 rings (SSSR count). The Morgan fingerprint density at radius 1 is 1.30 bits per heavy atom. The number of fused-ring (bicyclic) bond motifs is 1. The Bertz CT molecular complexity index is 597. The predicted molar refractivity (Wildman–Crippen MR) is 88.4 cm³/mol. The molecule has 1 fully saturated rings. The summed E-state index contributed by atoms with van der Waals surface area (Å²) in [6.45, 7) is 2.12. The molecule has 0 bridgehead atoms. The minimum absolute atomic E-state index is 0.547. The Balaban J connectivity index is 2.06. The third kappa shape index (κ3) is 2.54. The number of benzene rings is 1. The monoisotopic (exact) mass is 333 g/mol. The zero-order valence-electron chi connectivity index (χ0n) is 11.8. The smallest absolute Gasteiger partial charge is 0.136 e. The fourth-order valence-electron chi connectivity index (χ4n) is 3.11. The van der Waals surface area contributed by atoms with Crippen LogP contribution in [0.5, 0.6) is 0 Å². The molecule has 1 aromatic carbocycles. The molecule has 0 aliphatic carbocycles. The first-order valence-corrected chi connectivity index (χ1v) is 8.05. The van der Waals surface area contributed by atoms with E-state index >= 15 is 0 Å². The van der Waals surface area contributed by atoms with Gasteiger partial charge in [-0.1, -0.05) is 28.1 Å². The molecule has 1 aliphatic heterocycles. The molecule has 2 heterocycles. The number of nitrogens with one attached hydrogen (secondary N) is 1. The maximum Gasteiger partial charge on any atom is 0.136 e. The lowest BCUT2D eigenvalue weighted by Gasteiger charge is -2.37. The third-order valence-electron chi connectivity index (χ3n) is 4.07. The van der Waals surface area contributed by atoms with Gasteiger partial charge in [0.2, 0.25) is 0 Å². The zero-order valence-corrected chi connectivity index (χ0v) is 13.4. The first-order valence-electron chi connectivity index (χ1n) is 7.25. The molecule has 1 atom stereocenters. The van der Waals surface area contributed by atoms with Gasteiger partial charge in [0.25, 0.3) is 0 Å². The van der Waals surface area contributed by atoms with Crippen LogP contribution in [-0.4, -0.2) is 31.2 Å². The lowest BCUT2D eigenvalue weighted by atomic mass is 10.0. The molecule has 1 unspecified atom stereocenters. The van der Waals surface area contributed by atoms with E-state index in [-0.39, 0.29) is 0 Å². The molecule has 0 spiro atoms. The van der Waals surface area contributed by atoms with Gasteiger partial charge in [0.1, 0.15) is 5.82 Å². The van der Waals surface area contributed by atoms with Crippen LogP contribution in [0.15, 0.2) is 34.9 Å². The minimum atomic E-state index is 0.547. The van der Waals surface area contributed by atoms with Crippen molar-refractivity contribution in [3.8, 4) is 0 Å². The summed E-state index contributed by atoms with van der Waals surface area (Å²) in [5.41, 5.74) is 0. The lowest BCUT2D eigenvalue weighted by Crippen LogP contribution is -2.45. The van der Waals surface area contributed by atoms with Gasteiger partial charge in [0, 0.05) is 40.6 Å². The molecule has 106 valence electrons. The highest BCUT2D eigenvalue weighted by atomic mass is 79.9. The van der Waals surface area contributed by atoms with Crippen LogP contribution in [0.3, 0.4) is 0 Å². The maximum atomic E-state index is 4.68. The summed E-state index contributed by atoms with van der Waals surface area (Å²) in [7, 11) is 2.03. The Morgan fingerprint density at radius 3 is 3.05 bits per heavy atom. The van der Waals surface area contributed by atoms with E-state index in [2.05, 4.69) is 55.4 Å². The van der Waals surface area contributed by atoms with Crippen molar-refractivity contribution in [1.82, 2.24) is 10.3 Å². The van der Waals surface area contributed by atoms with E-state index in [9.17, 15) is 0 Å². The number of rotatable bonds is 3. The summed E-state index contributed by atoms with van der Waals surface area (Å²) < 4.78 is 1.14. The van der Waals surface area contributed by atoms with E-state index in [0.29, 0.717) is 6.04 Å². The van der Waals surface area contributed by atoms with Crippen molar-refractivity contribution in [2.45, 2.75) is 25.3 Å². The number of pyridine rings is 1. The highest BCUT2D eigenvalue weighted by molar-refractivity contribution is 9.10. The number of anilines is 1. The average Bonchev–Trinajstić information content (AvgIpc) is 2.48.